The maximum absolute atomic E-state index is 4.38. The Bertz CT molecular complexity index is 422. The summed E-state index contributed by atoms with van der Waals surface area (Å²) in [5, 5.41) is 0. The van der Waals surface area contributed by atoms with Gasteiger partial charge < -0.3 is 4.40 Å². The number of hydrogen-bond acceptors (Lipinski definition) is 1. The highest BCUT2D eigenvalue weighted by Crippen LogP contribution is 2.17. The van der Waals surface area contributed by atoms with E-state index in [0.29, 0.717) is 0 Å². The van der Waals surface area contributed by atoms with E-state index in [1.54, 1.807) is 0 Å². The van der Waals surface area contributed by atoms with Crippen molar-refractivity contribution in [2.45, 2.75) is 0 Å². The molecule has 0 aromatic carbocycles. The predicted molar refractivity (Wildman–Crippen MR) is 61.0 cm³/mol. The van der Waals surface area contributed by atoms with Crippen LogP contribution >= 0.6 is 31.9 Å². The summed E-state index contributed by atoms with van der Waals surface area (Å²) < 4.78 is 2.87. The molecule has 0 amide bonds. The van der Waals surface area contributed by atoms with Crippen LogP contribution in [-0.4, -0.2) is 9.38 Å². The van der Waals surface area contributed by atoms with Gasteiger partial charge in [-0.15, -0.1) is 0 Å². The molecule has 2 rings (SSSR count). The zero-order valence-electron chi connectivity index (χ0n) is 6.61. The molecule has 0 aliphatic rings. The van der Waals surface area contributed by atoms with Crippen LogP contribution in [0.3, 0.4) is 0 Å². The number of pyridine rings is 1. The monoisotopic (exact) mass is 300 g/mol. The van der Waals surface area contributed by atoms with Crippen molar-refractivity contribution in [2.75, 3.05) is 0 Å². The summed E-state index contributed by atoms with van der Waals surface area (Å²) in [5.41, 5.74) is 1.88. The highest BCUT2D eigenvalue weighted by atomic mass is 79.9. The maximum Gasteiger partial charge on any atom is 0.137 e. The van der Waals surface area contributed by atoms with Crippen molar-refractivity contribution in [3.63, 3.8) is 0 Å². The molecular weight excluding hydrogens is 296 g/mol. The Morgan fingerprint density at radius 3 is 2.92 bits per heavy atom. The third-order valence-corrected chi connectivity index (χ3v) is 2.10. The van der Waals surface area contributed by atoms with Crippen molar-refractivity contribution in [3.8, 4) is 0 Å². The van der Waals surface area contributed by atoms with E-state index in [4.69, 9.17) is 0 Å². The van der Waals surface area contributed by atoms with Crippen molar-refractivity contribution in [2.24, 2.45) is 0 Å². The number of imidazole rings is 1. The van der Waals surface area contributed by atoms with Gasteiger partial charge in [0.25, 0.3) is 0 Å². The summed E-state index contributed by atoms with van der Waals surface area (Å²) in [7, 11) is 0. The summed E-state index contributed by atoms with van der Waals surface area (Å²) in [6.45, 7) is 0. The standard InChI is InChI=1S/C9H6Br2N2/c10-8(11)5-7-6-13-4-2-1-3-9(13)12-7/h1-6H. The van der Waals surface area contributed by atoms with E-state index in [1.807, 2.05) is 41.1 Å². The summed E-state index contributed by atoms with van der Waals surface area (Å²) in [6.07, 6.45) is 5.85. The van der Waals surface area contributed by atoms with Crippen LogP contribution < -0.4 is 0 Å². The van der Waals surface area contributed by atoms with Crippen LogP contribution in [0.2, 0.25) is 0 Å². The number of rotatable bonds is 1. The Morgan fingerprint density at radius 2 is 2.23 bits per heavy atom. The number of fused-ring (bicyclic) bond motifs is 1. The quantitative estimate of drug-likeness (QED) is 0.789. The predicted octanol–water partition coefficient (Wildman–Crippen LogP) is 3.42. The van der Waals surface area contributed by atoms with Crippen LogP contribution in [-0.2, 0) is 0 Å². The highest BCUT2D eigenvalue weighted by molar-refractivity contribution is 9.28. The largest absolute Gasteiger partial charge is 0.306 e. The average Bonchev–Trinajstić information content (AvgIpc) is 2.44. The van der Waals surface area contributed by atoms with Crippen molar-refractivity contribution in [1.29, 1.82) is 0 Å². The minimum Gasteiger partial charge on any atom is -0.306 e. The average molecular weight is 302 g/mol. The van der Waals surface area contributed by atoms with E-state index in [1.165, 1.54) is 0 Å². The fraction of sp³-hybridized carbons (Fsp3) is 0. The number of hydrogen-bond donors (Lipinski definition) is 0. The van der Waals surface area contributed by atoms with Crippen molar-refractivity contribution >= 4 is 43.6 Å². The third kappa shape index (κ3) is 2.00. The molecule has 2 aromatic heterocycles. The first-order chi connectivity index (χ1) is 6.25. The van der Waals surface area contributed by atoms with Crippen LogP contribution in [0.25, 0.3) is 11.7 Å². The van der Waals surface area contributed by atoms with Gasteiger partial charge in [0.15, 0.2) is 0 Å². The zero-order chi connectivity index (χ0) is 9.26. The van der Waals surface area contributed by atoms with Gasteiger partial charge in [0.05, 0.1) is 9.09 Å². The third-order valence-electron chi connectivity index (χ3n) is 1.64. The molecule has 66 valence electrons. The van der Waals surface area contributed by atoms with Crippen molar-refractivity contribution in [1.82, 2.24) is 9.38 Å². The molecular formula is C9H6Br2N2. The molecule has 2 aromatic rings. The lowest BCUT2D eigenvalue weighted by Crippen LogP contribution is -1.77. The van der Waals surface area contributed by atoms with Crippen molar-refractivity contribution in [3.05, 3.63) is 39.7 Å². The molecule has 0 fully saturated rings. The molecule has 0 radical (unpaired) electrons. The van der Waals surface area contributed by atoms with Gasteiger partial charge in [-0.25, -0.2) is 4.98 Å². The van der Waals surface area contributed by atoms with Gasteiger partial charge in [0.1, 0.15) is 5.65 Å². The lowest BCUT2D eigenvalue weighted by molar-refractivity contribution is 1.19. The van der Waals surface area contributed by atoms with Gasteiger partial charge in [-0.05, 0) is 50.1 Å². The Kier molecular flexibility index (Phi) is 2.51. The molecule has 2 nitrogen and oxygen atoms in total. The first-order valence-corrected chi connectivity index (χ1v) is 5.31. The van der Waals surface area contributed by atoms with Gasteiger partial charge >= 0.3 is 0 Å². The van der Waals surface area contributed by atoms with Crippen LogP contribution in [0.15, 0.2) is 34.0 Å². The molecule has 0 aliphatic carbocycles. The molecule has 0 bridgehead atoms. The fourth-order valence-electron chi connectivity index (χ4n) is 1.14. The van der Waals surface area contributed by atoms with E-state index >= 15 is 0 Å². The summed E-state index contributed by atoms with van der Waals surface area (Å²) in [5.74, 6) is 0. The zero-order valence-corrected chi connectivity index (χ0v) is 9.79. The minimum absolute atomic E-state index is 0.892. The SMILES string of the molecule is BrC(Br)=Cc1cn2ccccc2n1. The van der Waals surface area contributed by atoms with E-state index < -0.39 is 0 Å². The number of nitrogens with zero attached hydrogens (tertiary/aromatic N) is 2. The first-order valence-electron chi connectivity index (χ1n) is 3.72. The molecule has 0 atom stereocenters. The van der Waals surface area contributed by atoms with E-state index in [0.717, 1.165) is 14.7 Å². The Hall–Kier alpha value is -0.610. The van der Waals surface area contributed by atoms with Gasteiger partial charge in [0.2, 0.25) is 0 Å². The van der Waals surface area contributed by atoms with E-state index in [-0.39, 0.29) is 0 Å². The van der Waals surface area contributed by atoms with Crippen LogP contribution in [0.4, 0.5) is 0 Å². The smallest absolute Gasteiger partial charge is 0.137 e. The topological polar surface area (TPSA) is 17.3 Å². The molecule has 2 heterocycles. The molecule has 13 heavy (non-hydrogen) atoms. The molecule has 4 heteroatoms. The van der Waals surface area contributed by atoms with Gasteiger partial charge in [-0.1, -0.05) is 6.07 Å². The van der Waals surface area contributed by atoms with Gasteiger partial charge in [-0.2, -0.15) is 0 Å². The molecule has 0 spiro atoms. The lowest BCUT2D eigenvalue weighted by Gasteiger charge is -1.86. The van der Waals surface area contributed by atoms with Crippen LogP contribution in [0.1, 0.15) is 5.69 Å². The van der Waals surface area contributed by atoms with Gasteiger partial charge in [0, 0.05) is 12.4 Å². The Labute approximate surface area is 92.5 Å². The van der Waals surface area contributed by atoms with Crippen LogP contribution in [0.5, 0.6) is 0 Å². The lowest BCUT2D eigenvalue weighted by atomic mass is 10.5. The Balaban J connectivity index is 2.56. The minimum atomic E-state index is 0.892. The second-order valence-corrected chi connectivity index (χ2v) is 5.34. The van der Waals surface area contributed by atoms with Gasteiger partial charge in [-0.3, -0.25) is 0 Å². The second-order valence-electron chi connectivity index (χ2n) is 2.57. The second kappa shape index (κ2) is 3.64. The van der Waals surface area contributed by atoms with E-state index in [9.17, 15) is 0 Å². The molecule has 0 saturated heterocycles. The molecule has 0 unspecified atom stereocenters. The summed E-state index contributed by atoms with van der Waals surface area (Å²) >= 11 is 6.59. The van der Waals surface area contributed by atoms with Crippen molar-refractivity contribution < 1.29 is 0 Å². The highest BCUT2D eigenvalue weighted by Gasteiger charge is 1.97. The first kappa shape index (κ1) is 8.97. The number of halogens is 2. The summed E-state index contributed by atoms with van der Waals surface area (Å²) in [4.78, 5) is 4.38. The molecule has 0 N–H and O–H groups in total. The fourth-order valence-corrected chi connectivity index (χ4v) is 1.60. The summed E-state index contributed by atoms with van der Waals surface area (Å²) in [6, 6.07) is 5.92. The van der Waals surface area contributed by atoms with E-state index in [2.05, 4.69) is 36.8 Å². The van der Waals surface area contributed by atoms with Crippen LogP contribution in [0, 0.1) is 0 Å². The normalized spacial score (nSPS) is 10.3. The molecule has 0 aliphatic heterocycles. The maximum atomic E-state index is 4.38. The number of aromatic nitrogens is 2. The molecule has 0 saturated carbocycles. The Morgan fingerprint density at radius 1 is 1.38 bits per heavy atom.